The van der Waals surface area contributed by atoms with Crippen LogP contribution in [0.4, 0.5) is 10.3 Å². The first-order chi connectivity index (χ1) is 7.50. The number of hydrogen-bond acceptors (Lipinski definition) is 4. The van der Waals surface area contributed by atoms with E-state index in [2.05, 4.69) is 4.98 Å². The van der Waals surface area contributed by atoms with Gasteiger partial charge in [-0.3, -0.25) is 4.79 Å². The van der Waals surface area contributed by atoms with E-state index in [4.69, 9.17) is 5.84 Å². The number of rotatable bonds is 1. The summed E-state index contributed by atoms with van der Waals surface area (Å²) in [5.41, 5.74) is -0.0934. The molecule has 5 nitrogen and oxygen atoms in total. The smallest absolute Gasteiger partial charge is 0.281 e. The van der Waals surface area contributed by atoms with Crippen molar-refractivity contribution in [3.63, 3.8) is 0 Å². The van der Waals surface area contributed by atoms with Gasteiger partial charge in [0.05, 0.1) is 10.9 Å². The molecule has 2 rings (SSSR count). The van der Waals surface area contributed by atoms with Gasteiger partial charge in [-0.05, 0) is 12.1 Å². The van der Waals surface area contributed by atoms with E-state index in [9.17, 15) is 9.18 Å². The van der Waals surface area contributed by atoms with Crippen LogP contribution in [0.1, 0.15) is 0 Å². The Morgan fingerprint density at radius 2 is 2.12 bits per heavy atom. The fourth-order valence-electron chi connectivity index (χ4n) is 1.48. The average Bonchev–Trinajstić information content (AvgIpc) is 2.22. The lowest BCUT2D eigenvalue weighted by atomic mass is 10.2. The van der Waals surface area contributed by atoms with Gasteiger partial charge in [-0.1, -0.05) is 0 Å². The van der Waals surface area contributed by atoms with Crippen LogP contribution >= 0.6 is 0 Å². The topological polar surface area (TPSA) is 64.2 Å². The molecule has 1 aromatic heterocycles. The molecule has 2 aromatic rings. The van der Waals surface area contributed by atoms with Gasteiger partial charge in [-0.2, -0.15) is 4.68 Å². The highest BCUT2D eigenvalue weighted by Crippen LogP contribution is 2.12. The predicted molar refractivity (Wildman–Crippen MR) is 60.4 cm³/mol. The highest BCUT2D eigenvalue weighted by molar-refractivity contribution is 5.78. The van der Waals surface area contributed by atoms with Gasteiger partial charge in [-0.25, -0.2) is 9.37 Å². The van der Waals surface area contributed by atoms with E-state index >= 15 is 0 Å². The number of aromatic nitrogens is 2. The monoisotopic (exact) mass is 222 g/mol. The normalized spacial score (nSPS) is 10.7. The maximum atomic E-state index is 13.0. The Kier molecular flexibility index (Phi) is 2.26. The summed E-state index contributed by atoms with van der Waals surface area (Å²) in [6.07, 6.45) is 0. The van der Waals surface area contributed by atoms with Gasteiger partial charge in [0, 0.05) is 20.2 Å². The first-order valence-electron chi connectivity index (χ1n) is 4.65. The second-order valence-corrected chi connectivity index (χ2v) is 3.64. The molecule has 1 heterocycles. The molecule has 0 radical (unpaired) electrons. The van der Waals surface area contributed by atoms with Crippen LogP contribution in [0.25, 0.3) is 10.9 Å². The van der Waals surface area contributed by atoms with Crippen molar-refractivity contribution >= 4 is 16.9 Å². The summed E-state index contributed by atoms with van der Waals surface area (Å²) in [6, 6.07) is 3.80. The van der Waals surface area contributed by atoms with Crippen molar-refractivity contribution in [2.75, 3.05) is 24.8 Å². The van der Waals surface area contributed by atoms with Crippen molar-refractivity contribution in [1.82, 2.24) is 9.66 Å². The Balaban J connectivity index is 2.89. The molecule has 0 saturated heterocycles. The summed E-state index contributed by atoms with van der Waals surface area (Å²) in [4.78, 5) is 17.5. The number of nitrogen functional groups attached to an aromatic ring is 1. The number of fused-ring (bicyclic) bond motifs is 1. The van der Waals surface area contributed by atoms with E-state index in [1.54, 1.807) is 19.0 Å². The number of benzene rings is 1. The standard InChI is InChI=1S/C10H11FN4O/c1-14(2)10-13-8-5-6(11)3-4-7(8)9(16)15(10)12/h3-5H,12H2,1-2H3. The number of halogens is 1. The molecule has 0 amide bonds. The van der Waals surface area contributed by atoms with E-state index in [1.807, 2.05) is 0 Å². The SMILES string of the molecule is CN(C)c1nc2cc(F)ccc2c(=O)n1N. The number of anilines is 1. The predicted octanol–water partition coefficient (Wildman–Crippen LogP) is 0.315. The fourth-order valence-corrected chi connectivity index (χ4v) is 1.48. The van der Waals surface area contributed by atoms with Crippen LogP contribution in [0.2, 0.25) is 0 Å². The maximum absolute atomic E-state index is 13.0. The van der Waals surface area contributed by atoms with Crippen LogP contribution in [0.5, 0.6) is 0 Å². The van der Waals surface area contributed by atoms with E-state index in [0.717, 1.165) is 4.68 Å². The largest absolute Gasteiger partial charge is 0.347 e. The van der Waals surface area contributed by atoms with Crippen LogP contribution in [-0.2, 0) is 0 Å². The van der Waals surface area contributed by atoms with Crippen molar-refractivity contribution in [3.05, 3.63) is 34.4 Å². The van der Waals surface area contributed by atoms with Crippen LogP contribution in [0.3, 0.4) is 0 Å². The molecule has 16 heavy (non-hydrogen) atoms. The average molecular weight is 222 g/mol. The minimum absolute atomic E-state index is 0.281. The molecular weight excluding hydrogens is 211 g/mol. The molecule has 0 aliphatic heterocycles. The first-order valence-corrected chi connectivity index (χ1v) is 4.65. The Morgan fingerprint density at radius 3 is 2.75 bits per heavy atom. The molecule has 0 fully saturated rings. The molecule has 84 valence electrons. The second-order valence-electron chi connectivity index (χ2n) is 3.64. The van der Waals surface area contributed by atoms with E-state index < -0.39 is 11.4 Å². The molecule has 0 aliphatic carbocycles. The molecule has 0 aliphatic rings. The zero-order valence-electron chi connectivity index (χ0n) is 8.94. The molecule has 2 N–H and O–H groups in total. The lowest BCUT2D eigenvalue weighted by Gasteiger charge is -2.15. The Bertz CT molecular complexity index is 606. The molecule has 0 spiro atoms. The molecule has 0 unspecified atom stereocenters. The zero-order valence-corrected chi connectivity index (χ0v) is 8.94. The summed E-state index contributed by atoms with van der Waals surface area (Å²) in [6.45, 7) is 0. The number of nitrogens with zero attached hydrogens (tertiary/aromatic N) is 3. The van der Waals surface area contributed by atoms with E-state index in [1.165, 1.54) is 18.2 Å². The van der Waals surface area contributed by atoms with Crippen molar-refractivity contribution < 1.29 is 4.39 Å². The van der Waals surface area contributed by atoms with Crippen molar-refractivity contribution in [2.24, 2.45) is 0 Å². The maximum Gasteiger partial charge on any atom is 0.281 e. The van der Waals surface area contributed by atoms with Gasteiger partial charge >= 0.3 is 0 Å². The molecule has 0 saturated carbocycles. The first kappa shape index (κ1) is 10.4. The van der Waals surface area contributed by atoms with Crippen LogP contribution in [0, 0.1) is 5.82 Å². The summed E-state index contributed by atoms with van der Waals surface area (Å²) in [5, 5.41) is 0.300. The van der Waals surface area contributed by atoms with Gasteiger partial charge in [0.15, 0.2) is 0 Å². The summed E-state index contributed by atoms with van der Waals surface area (Å²) in [7, 11) is 3.41. The third kappa shape index (κ3) is 1.48. The molecule has 6 heteroatoms. The minimum atomic E-state index is -0.432. The van der Waals surface area contributed by atoms with Crippen LogP contribution < -0.4 is 16.3 Å². The van der Waals surface area contributed by atoms with Crippen molar-refractivity contribution in [1.29, 1.82) is 0 Å². The Hall–Kier alpha value is -2.11. The van der Waals surface area contributed by atoms with Gasteiger partial charge < -0.3 is 10.7 Å². The van der Waals surface area contributed by atoms with E-state index in [-0.39, 0.29) is 5.95 Å². The second kappa shape index (κ2) is 3.48. The lowest BCUT2D eigenvalue weighted by Crippen LogP contribution is -2.33. The van der Waals surface area contributed by atoms with Gasteiger partial charge in [-0.15, -0.1) is 0 Å². The van der Waals surface area contributed by atoms with Crippen LogP contribution in [0.15, 0.2) is 23.0 Å². The lowest BCUT2D eigenvalue weighted by molar-refractivity contribution is 0.629. The van der Waals surface area contributed by atoms with Crippen LogP contribution in [-0.4, -0.2) is 23.8 Å². The number of nitrogens with two attached hydrogens (primary N) is 1. The summed E-state index contributed by atoms with van der Waals surface area (Å²) < 4.78 is 14.0. The quantitative estimate of drug-likeness (QED) is 0.705. The number of hydrogen-bond donors (Lipinski definition) is 1. The highest BCUT2D eigenvalue weighted by atomic mass is 19.1. The highest BCUT2D eigenvalue weighted by Gasteiger charge is 2.10. The van der Waals surface area contributed by atoms with E-state index in [0.29, 0.717) is 10.9 Å². The van der Waals surface area contributed by atoms with Gasteiger partial charge in [0.1, 0.15) is 5.82 Å². The molecule has 0 bridgehead atoms. The Labute approximate surface area is 90.9 Å². The third-order valence-corrected chi connectivity index (χ3v) is 2.24. The van der Waals surface area contributed by atoms with Crippen molar-refractivity contribution in [2.45, 2.75) is 0 Å². The van der Waals surface area contributed by atoms with Crippen molar-refractivity contribution in [3.8, 4) is 0 Å². The Morgan fingerprint density at radius 1 is 1.44 bits per heavy atom. The molecule has 1 aromatic carbocycles. The molecular formula is C10H11FN4O. The van der Waals surface area contributed by atoms with Gasteiger partial charge in [0.2, 0.25) is 5.95 Å². The minimum Gasteiger partial charge on any atom is -0.347 e. The molecule has 0 atom stereocenters. The summed E-state index contributed by atoms with van der Waals surface area (Å²) >= 11 is 0. The zero-order chi connectivity index (χ0) is 11.9. The van der Waals surface area contributed by atoms with Gasteiger partial charge in [0.25, 0.3) is 5.56 Å². The fraction of sp³-hybridized carbons (Fsp3) is 0.200. The third-order valence-electron chi connectivity index (χ3n) is 2.24. The summed E-state index contributed by atoms with van der Waals surface area (Å²) in [5.74, 6) is 5.44.